The predicted molar refractivity (Wildman–Crippen MR) is 89.8 cm³/mol. The van der Waals surface area contributed by atoms with Crippen LogP contribution in [0, 0.1) is 0 Å². The van der Waals surface area contributed by atoms with Gasteiger partial charge in [0.25, 0.3) is 0 Å². The lowest BCUT2D eigenvalue weighted by molar-refractivity contribution is -0.132. The molecule has 2 aromatic rings. The molecular formula is C18H12ClNO4. The van der Waals surface area contributed by atoms with Crippen molar-refractivity contribution in [2.45, 2.75) is 6.92 Å². The molecule has 0 atom stereocenters. The van der Waals surface area contributed by atoms with Gasteiger partial charge in [-0.1, -0.05) is 41.9 Å². The van der Waals surface area contributed by atoms with E-state index in [1.165, 1.54) is 13.0 Å². The smallest absolute Gasteiger partial charge is 0.363 e. The highest BCUT2D eigenvalue weighted by atomic mass is 35.5. The minimum Gasteiger partial charge on any atom is -0.426 e. The summed E-state index contributed by atoms with van der Waals surface area (Å²) in [6, 6.07) is 13.8. The summed E-state index contributed by atoms with van der Waals surface area (Å²) in [5.74, 6) is -0.564. The fourth-order valence-corrected chi connectivity index (χ4v) is 2.37. The van der Waals surface area contributed by atoms with E-state index in [9.17, 15) is 9.59 Å². The lowest BCUT2D eigenvalue weighted by atomic mass is 10.1. The highest BCUT2D eigenvalue weighted by Gasteiger charge is 2.25. The molecule has 6 heteroatoms. The van der Waals surface area contributed by atoms with Gasteiger partial charge in [-0.3, -0.25) is 4.79 Å². The van der Waals surface area contributed by atoms with Gasteiger partial charge in [0.1, 0.15) is 5.75 Å². The van der Waals surface area contributed by atoms with Crippen molar-refractivity contribution in [2.24, 2.45) is 4.99 Å². The van der Waals surface area contributed by atoms with Crippen LogP contribution < -0.4 is 4.74 Å². The second-order valence-corrected chi connectivity index (χ2v) is 5.35. The molecule has 120 valence electrons. The molecule has 0 spiro atoms. The van der Waals surface area contributed by atoms with Crippen LogP contribution in [-0.4, -0.2) is 17.8 Å². The molecular weight excluding hydrogens is 330 g/mol. The molecule has 5 nitrogen and oxygen atoms in total. The van der Waals surface area contributed by atoms with Crippen LogP contribution in [-0.2, 0) is 14.3 Å². The number of halogens is 1. The topological polar surface area (TPSA) is 65.0 Å². The van der Waals surface area contributed by atoms with Gasteiger partial charge in [-0.2, -0.15) is 0 Å². The Bertz CT molecular complexity index is 886. The van der Waals surface area contributed by atoms with Gasteiger partial charge in [0.15, 0.2) is 5.70 Å². The van der Waals surface area contributed by atoms with E-state index in [-0.39, 0.29) is 11.6 Å². The van der Waals surface area contributed by atoms with Crippen molar-refractivity contribution in [3.05, 3.63) is 70.4 Å². The van der Waals surface area contributed by atoms with E-state index in [4.69, 9.17) is 21.1 Å². The Morgan fingerprint density at radius 1 is 1.17 bits per heavy atom. The molecule has 1 heterocycles. The number of cyclic esters (lactones) is 1. The number of ether oxygens (including phenoxy) is 2. The van der Waals surface area contributed by atoms with E-state index < -0.39 is 11.9 Å². The van der Waals surface area contributed by atoms with Crippen molar-refractivity contribution in [2.75, 3.05) is 0 Å². The maximum Gasteiger partial charge on any atom is 0.363 e. The number of rotatable bonds is 3. The molecule has 0 radical (unpaired) electrons. The Balaban J connectivity index is 1.98. The van der Waals surface area contributed by atoms with Crippen molar-refractivity contribution in [1.29, 1.82) is 0 Å². The Hall–Kier alpha value is -2.92. The van der Waals surface area contributed by atoms with Gasteiger partial charge in [-0.15, -0.1) is 0 Å². The normalized spacial score (nSPS) is 15.2. The van der Waals surface area contributed by atoms with E-state index in [0.29, 0.717) is 21.9 Å². The van der Waals surface area contributed by atoms with E-state index in [0.717, 1.165) is 0 Å². The van der Waals surface area contributed by atoms with Crippen LogP contribution in [0.4, 0.5) is 0 Å². The third-order valence-corrected chi connectivity index (χ3v) is 3.52. The number of aliphatic imine (C=N–C) groups is 1. The van der Waals surface area contributed by atoms with Gasteiger partial charge in [-0.05, 0) is 24.3 Å². The van der Waals surface area contributed by atoms with Crippen LogP contribution >= 0.6 is 11.6 Å². The average molecular weight is 342 g/mol. The van der Waals surface area contributed by atoms with Crippen molar-refractivity contribution in [3.8, 4) is 5.75 Å². The SMILES string of the molecule is CC(=O)Oc1ccccc1/C=C1\N=C(c2ccccc2Cl)OC1=O. The second-order valence-electron chi connectivity index (χ2n) is 4.95. The molecule has 0 amide bonds. The average Bonchev–Trinajstić information content (AvgIpc) is 2.90. The number of carbonyl (C=O) groups is 2. The lowest BCUT2D eigenvalue weighted by Crippen LogP contribution is -2.06. The monoisotopic (exact) mass is 341 g/mol. The van der Waals surface area contributed by atoms with Crippen LogP contribution in [0.15, 0.2) is 59.2 Å². The standard InChI is InChI=1S/C18H12ClNO4/c1-11(21)23-16-9-5-2-6-12(16)10-15-18(22)24-17(20-15)13-7-3-4-8-14(13)19/h2-10H,1H3/b15-10-. The highest BCUT2D eigenvalue weighted by Crippen LogP contribution is 2.26. The number of hydrogen-bond acceptors (Lipinski definition) is 5. The van der Waals surface area contributed by atoms with Crippen LogP contribution in [0.1, 0.15) is 18.1 Å². The molecule has 0 unspecified atom stereocenters. The first-order valence-electron chi connectivity index (χ1n) is 7.09. The maximum atomic E-state index is 12.1. The molecule has 24 heavy (non-hydrogen) atoms. The van der Waals surface area contributed by atoms with Gasteiger partial charge in [0.05, 0.1) is 10.6 Å². The van der Waals surface area contributed by atoms with Crippen molar-refractivity contribution in [1.82, 2.24) is 0 Å². The first-order chi connectivity index (χ1) is 11.5. The molecule has 1 aliphatic rings. The molecule has 0 aliphatic carbocycles. The summed E-state index contributed by atoms with van der Waals surface area (Å²) >= 11 is 6.09. The fraction of sp³-hybridized carbons (Fsp3) is 0.0556. The number of nitrogens with zero attached hydrogens (tertiary/aromatic N) is 1. The molecule has 0 bridgehead atoms. The summed E-state index contributed by atoms with van der Waals surface area (Å²) in [5.41, 5.74) is 1.18. The van der Waals surface area contributed by atoms with Crippen molar-refractivity contribution < 1.29 is 19.1 Å². The van der Waals surface area contributed by atoms with Crippen molar-refractivity contribution in [3.63, 3.8) is 0 Å². The number of para-hydroxylation sites is 1. The zero-order chi connectivity index (χ0) is 17.1. The molecule has 0 N–H and O–H groups in total. The van der Waals surface area contributed by atoms with E-state index in [1.54, 1.807) is 48.5 Å². The van der Waals surface area contributed by atoms with Crippen LogP contribution in [0.5, 0.6) is 5.75 Å². The van der Waals surface area contributed by atoms with Gasteiger partial charge in [0, 0.05) is 12.5 Å². The van der Waals surface area contributed by atoms with Gasteiger partial charge >= 0.3 is 11.9 Å². The number of benzene rings is 2. The van der Waals surface area contributed by atoms with E-state index >= 15 is 0 Å². The fourth-order valence-electron chi connectivity index (χ4n) is 2.15. The first-order valence-corrected chi connectivity index (χ1v) is 7.47. The summed E-state index contributed by atoms with van der Waals surface area (Å²) in [7, 11) is 0. The van der Waals surface area contributed by atoms with E-state index in [1.807, 2.05) is 0 Å². The van der Waals surface area contributed by atoms with Gasteiger partial charge in [-0.25, -0.2) is 9.79 Å². The molecule has 0 aromatic heterocycles. The summed E-state index contributed by atoms with van der Waals surface area (Å²) in [6.45, 7) is 1.31. The maximum absolute atomic E-state index is 12.1. The second kappa shape index (κ2) is 6.68. The highest BCUT2D eigenvalue weighted by molar-refractivity contribution is 6.34. The predicted octanol–water partition coefficient (Wildman–Crippen LogP) is 3.61. The molecule has 3 rings (SSSR count). The molecule has 2 aromatic carbocycles. The van der Waals surface area contributed by atoms with Gasteiger partial charge in [0.2, 0.25) is 5.90 Å². The van der Waals surface area contributed by atoms with Crippen LogP contribution in [0.3, 0.4) is 0 Å². The Morgan fingerprint density at radius 3 is 2.62 bits per heavy atom. The molecule has 1 aliphatic heterocycles. The van der Waals surface area contributed by atoms with Crippen LogP contribution in [0.25, 0.3) is 6.08 Å². The largest absolute Gasteiger partial charge is 0.426 e. The lowest BCUT2D eigenvalue weighted by Gasteiger charge is -2.04. The van der Waals surface area contributed by atoms with Gasteiger partial charge < -0.3 is 9.47 Å². The molecule has 0 saturated heterocycles. The third-order valence-electron chi connectivity index (χ3n) is 3.19. The number of carbonyl (C=O) groups excluding carboxylic acids is 2. The summed E-state index contributed by atoms with van der Waals surface area (Å²) in [6.07, 6.45) is 1.50. The Morgan fingerprint density at radius 2 is 1.88 bits per heavy atom. The zero-order valence-electron chi connectivity index (χ0n) is 12.7. The molecule has 0 saturated carbocycles. The molecule has 0 fully saturated rings. The Labute approximate surface area is 143 Å². The first kappa shape index (κ1) is 16.0. The Kier molecular flexibility index (Phi) is 4.44. The minimum absolute atomic E-state index is 0.101. The number of esters is 2. The summed E-state index contributed by atoms with van der Waals surface area (Å²) in [5, 5.41) is 0.436. The van der Waals surface area contributed by atoms with Crippen molar-refractivity contribution >= 4 is 35.5 Å². The minimum atomic E-state index is -0.595. The number of hydrogen-bond donors (Lipinski definition) is 0. The summed E-state index contributed by atoms with van der Waals surface area (Å²) < 4.78 is 10.3. The zero-order valence-corrected chi connectivity index (χ0v) is 13.4. The third kappa shape index (κ3) is 3.36. The van der Waals surface area contributed by atoms with E-state index in [2.05, 4.69) is 4.99 Å². The van der Waals surface area contributed by atoms with Crippen LogP contribution in [0.2, 0.25) is 5.02 Å². The quantitative estimate of drug-likeness (QED) is 0.486. The summed E-state index contributed by atoms with van der Waals surface area (Å²) in [4.78, 5) is 27.4.